The number of nitrogens with two attached hydrogens (primary N) is 1. The Bertz CT molecular complexity index is 1060. The van der Waals surface area contributed by atoms with E-state index in [1.165, 1.54) is 12.8 Å². The van der Waals surface area contributed by atoms with Crippen LogP contribution in [0.1, 0.15) is 86.2 Å². The molecular formula is C29H41N3O3. The van der Waals surface area contributed by atoms with Gasteiger partial charge in [0, 0.05) is 36.0 Å². The van der Waals surface area contributed by atoms with Crippen molar-refractivity contribution in [3.8, 4) is 0 Å². The lowest BCUT2D eigenvalue weighted by Gasteiger charge is -2.25. The number of benzene rings is 2. The Kier molecular flexibility index (Phi) is 9.78. The first-order valence-corrected chi connectivity index (χ1v) is 12.4. The summed E-state index contributed by atoms with van der Waals surface area (Å²) in [5, 5.41) is 12.4. The molecule has 0 spiro atoms. The Labute approximate surface area is 210 Å². The number of aryl methyl sites for hydroxylation is 1. The van der Waals surface area contributed by atoms with Gasteiger partial charge in [0.2, 0.25) is 0 Å². The number of Topliss-reactive ketones (excluding diaryl/α,β-unsaturated/α-hetero) is 1. The third-order valence-corrected chi connectivity index (χ3v) is 6.64. The van der Waals surface area contributed by atoms with E-state index in [1.54, 1.807) is 37.5 Å². The molecule has 1 fully saturated rings. The van der Waals surface area contributed by atoms with Crippen LogP contribution in [0.4, 0.5) is 11.4 Å². The molecule has 0 heterocycles. The summed E-state index contributed by atoms with van der Waals surface area (Å²) in [6.07, 6.45) is 4.92. The molecule has 1 aliphatic rings. The molecular weight excluding hydrogens is 438 g/mol. The zero-order valence-electron chi connectivity index (χ0n) is 22.2. The van der Waals surface area contributed by atoms with Crippen LogP contribution in [-0.4, -0.2) is 35.7 Å². The summed E-state index contributed by atoms with van der Waals surface area (Å²) in [4.78, 5) is 29.5. The highest BCUT2D eigenvalue weighted by Crippen LogP contribution is 2.41. The van der Waals surface area contributed by atoms with Gasteiger partial charge < -0.3 is 16.2 Å². The van der Waals surface area contributed by atoms with Crippen molar-refractivity contribution in [2.24, 2.45) is 22.7 Å². The molecule has 0 bridgehead atoms. The lowest BCUT2D eigenvalue weighted by molar-refractivity contribution is 0.0155. The maximum atomic E-state index is 12.9. The third-order valence-electron chi connectivity index (χ3n) is 6.64. The zero-order chi connectivity index (χ0) is 26.3. The number of amides is 1. The van der Waals surface area contributed by atoms with Crippen LogP contribution in [0, 0.1) is 17.8 Å². The van der Waals surface area contributed by atoms with Crippen LogP contribution in [0.15, 0.2) is 41.4 Å². The van der Waals surface area contributed by atoms with E-state index in [-0.39, 0.29) is 17.6 Å². The van der Waals surface area contributed by atoms with Gasteiger partial charge in [-0.25, -0.2) is 0 Å². The Balaban J connectivity index is 0.000000402. The number of carbonyl (C=O) groups excluding carboxylic acids is 2. The van der Waals surface area contributed by atoms with E-state index >= 15 is 0 Å². The highest BCUT2D eigenvalue weighted by atomic mass is 16.3. The van der Waals surface area contributed by atoms with E-state index in [1.807, 2.05) is 46.8 Å². The number of hydrogen-bond donors (Lipinski definition) is 3. The van der Waals surface area contributed by atoms with Crippen LogP contribution in [-0.2, 0) is 6.42 Å². The van der Waals surface area contributed by atoms with Gasteiger partial charge in [0.1, 0.15) is 0 Å². The number of anilines is 2. The van der Waals surface area contributed by atoms with Crippen molar-refractivity contribution in [1.82, 2.24) is 0 Å². The molecule has 6 heteroatoms. The molecule has 190 valence electrons. The fourth-order valence-corrected chi connectivity index (χ4v) is 4.00. The monoisotopic (exact) mass is 479 g/mol. The second-order valence-electron chi connectivity index (χ2n) is 10.1. The maximum absolute atomic E-state index is 12.9. The van der Waals surface area contributed by atoms with E-state index in [2.05, 4.69) is 17.2 Å². The molecule has 4 N–H and O–H groups in total. The van der Waals surface area contributed by atoms with Crippen LogP contribution in [0.5, 0.6) is 0 Å². The first-order chi connectivity index (χ1) is 16.4. The molecule has 1 atom stereocenters. The van der Waals surface area contributed by atoms with Crippen LogP contribution in [0.2, 0.25) is 0 Å². The predicted octanol–water partition coefficient (Wildman–Crippen LogP) is 5.77. The second-order valence-corrected chi connectivity index (χ2v) is 10.1. The minimum atomic E-state index is -0.457. The number of hydrogen-bond acceptors (Lipinski definition) is 5. The summed E-state index contributed by atoms with van der Waals surface area (Å²) in [7, 11) is 1.62. The van der Waals surface area contributed by atoms with Crippen molar-refractivity contribution in [2.45, 2.75) is 66.4 Å². The van der Waals surface area contributed by atoms with E-state index < -0.39 is 5.60 Å². The molecule has 2 aromatic carbocycles. The molecule has 3 rings (SSSR count). The molecule has 35 heavy (non-hydrogen) atoms. The highest BCUT2D eigenvalue weighted by molar-refractivity contribution is 6.14. The topological polar surface area (TPSA) is 105 Å². The summed E-state index contributed by atoms with van der Waals surface area (Å²) in [5.41, 5.74) is 9.00. The molecule has 1 saturated carbocycles. The lowest BCUT2D eigenvalue weighted by Crippen LogP contribution is -2.29. The normalized spacial score (nSPS) is 14.4. The predicted molar refractivity (Wildman–Crippen MR) is 145 cm³/mol. The number of aliphatic imine (C=N–C) groups is 1. The number of nitrogens with zero attached hydrogens (tertiary/aromatic N) is 1. The Morgan fingerprint density at radius 3 is 2.29 bits per heavy atom. The summed E-state index contributed by atoms with van der Waals surface area (Å²) in [6, 6.07) is 10.7. The molecule has 0 aliphatic heterocycles. The fourth-order valence-electron chi connectivity index (χ4n) is 4.00. The molecule has 0 radical (unpaired) electrons. The minimum Gasteiger partial charge on any atom is -0.398 e. The first kappa shape index (κ1) is 28.2. The van der Waals surface area contributed by atoms with Gasteiger partial charge in [0.05, 0.1) is 16.9 Å². The molecule has 0 aromatic heterocycles. The number of ketones is 1. The largest absolute Gasteiger partial charge is 0.398 e. The number of nitrogens with one attached hydrogen (secondary N) is 1. The Morgan fingerprint density at radius 2 is 1.80 bits per heavy atom. The van der Waals surface area contributed by atoms with Gasteiger partial charge >= 0.3 is 0 Å². The Morgan fingerprint density at radius 1 is 1.17 bits per heavy atom. The summed E-state index contributed by atoms with van der Waals surface area (Å²) in [6.45, 7) is 11.6. The first-order valence-electron chi connectivity index (χ1n) is 12.4. The van der Waals surface area contributed by atoms with Crippen molar-refractivity contribution >= 4 is 29.3 Å². The number of carbonyl (C=O) groups is 2. The second kappa shape index (κ2) is 12.1. The fraction of sp³-hybridized carbons (Fsp3) is 0.483. The van der Waals surface area contributed by atoms with E-state index in [4.69, 9.17) is 5.73 Å². The zero-order valence-corrected chi connectivity index (χ0v) is 22.2. The molecule has 1 aliphatic carbocycles. The summed E-state index contributed by atoms with van der Waals surface area (Å²) >= 11 is 0. The van der Waals surface area contributed by atoms with Gasteiger partial charge in [-0.1, -0.05) is 45.9 Å². The SMILES string of the molecule is CC(C1CC1)C(C)(C)O.CCc1cccc(NC(=O)c2cccc(N)c2C=NC)c1C(=O)C(C)C. The van der Waals surface area contributed by atoms with Gasteiger partial charge in [-0.3, -0.25) is 14.6 Å². The molecule has 0 saturated heterocycles. The number of nitrogen functional groups attached to an aromatic ring is 1. The van der Waals surface area contributed by atoms with Crippen molar-refractivity contribution in [3.63, 3.8) is 0 Å². The molecule has 2 aromatic rings. The smallest absolute Gasteiger partial charge is 0.256 e. The van der Waals surface area contributed by atoms with E-state index in [0.29, 0.717) is 40.4 Å². The van der Waals surface area contributed by atoms with Gasteiger partial charge in [0.25, 0.3) is 5.91 Å². The molecule has 6 nitrogen and oxygen atoms in total. The quantitative estimate of drug-likeness (QED) is 0.254. The average Bonchev–Trinajstić information content (AvgIpc) is 3.64. The standard InChI is InChI=1S/C21H25N3O2.C8H16O/c1-5-14-8-6-11-18(19(14)20(25)13(2)3)24-21(26)15-9-7-10-17(22)16(15)12-23-4;1-6(7-4-5-7)8(2,3)9/h6-13H,5,22H2,1-4H3,(H,24,26);6-7,9H,4-5H2,1-3H3. The van der Waals surface area contributed by atoms with Crippen LogP contribution < -0.4 is 11.1 Å². The van der Waals surface area contributed by atoms with E-state index in [9.17, 15) is 14.7 Å². The molecule has 1 amide bonds. The van der Waals surface area contributed by atoms with Crippen molar-refractivity contribution < 1.29 is 14.7 Å². The van der Waals surface area contributed by atoms with Crippen molar-refractivity contribution in [3.05, 3.63) is 58.7 Å². The highest BCUT2D eigenvalue weighted by Gasteiger charge is 2.36. The maximum Gasteiger partial charge on any atom is 0.256 e. The average molecular weight is 480 g/mol. The van der Waals surface area contributed by atoms with Crippen LogP contribution >= 0.6 is 0 Å². The third kappa shape index (κ3) is 7.49. The Hall–Kier alpha value is -2.99. The van der Waals surface area contributed by atoms with Gasteiger partial charge in [0.15, 0.2) is 5.78 Å². The van der Waals surface area contributed by atoms with Crippen LogP contribution in [0.3, 0.4) is 0 Å². The van der Waals surface area contributed by atoms with Crippen LogP contribution in [0.25, 0.3) is 0 Å². The van der Waals surface area contributed by atoms with Gasteiger partial charge in [-0.05, 0) is 68.7 Å². The number of aliphatic hydroxyl groups is 1. The van der Waals surface area contributed by atoms with Crippen molar-refractivity contribution in [1.29, 1.82) is 0 Å². The summed E-state index contributed by atoms with van der Waals surface area (Å²) in [5.74, 6) is 0.829. The van der Waals surface area contributed by atoms with E-state index in [0.717, 1.165) is 11.5 Å². The lowest BCUT2D eigenvalue weighted by atomic mass is 9.89. The van der Waals surface area contributed by atoms with Crippen molar-refractivity contribution in [2.75, 3.05) is 18.1 Å². The van der Waals surface area contributed by atoms with Gasteiger partial charge in [-0.15, -0.1) is 0 Å². The summed E-state index contributed by atoms with van der Waals surface area (Å²) < 4.78 is 0. The minimum absolute atomic E-state index is 0.0145. The molecule has 1 unspecified atom stereocenters. The van der Waals surface area contributed by atoms with Gasteiger partial charge in [-0.2, -0.15) is 0 Å². The number of rotatable bonds is 8.